The van der Waals surface area contributed by atoms with Crippen molar-refractivity contribution in [3.63, 3.8) is 0 Å². The molecule has 0 spiro atoms. The topological polar surface area (TPSA) is 125 Å². The summed E-state index contributed by atoms with van der Waals surface area (Å²) in [7, 11) is 0. The molecule has 0 aliphatic carbocycles. The lowest BCUT2D eigenvalue weighted by Gasteiger charge is -2.42. The van der Waals surface area contributed by atoms with Gasteiger partial charge in [-0.25, -0.2) is 24.3 Å². The number of aromatic nitrogens is 4. The number of aryl methyl sites for hydroxylation is 1. The van der Waals surface area contributed by atoms with Crippen LogP contribution in [0, 0.1) is 12.7 Å². The molecule has 2 aromatic carbocycles. The molecule has 5 rings (SSSR count). The van der Waals surface area contributed by atoms with Crippen LogP contribution in [0.5, 0.6) is 11.8 Å². The first-order valence-electron chi connectivity index (χ1n) is 11.4. The van der Waals surface area contributed by atoms with Crippen LogP contribution >= 0.6 is 0 Å². The Kier molecular flexibility index (Phi) is 6.33. The first-order valence-corrected chi connectivity index (χ1v) is 11.4. The molecule has 0 atom stereocenters. The van der Waals surface area contributed by atoms with Crippen LogP contribution in [-0.4, -0.2) is 39.1 Å². The van der Waals surface area contributed by atoms with Crippen molar-refractivity contribution in [3.8, 4) is 34.1 Å². The summed E-state index contributed by atoms with van der Waals surface area (Å²) < 4.78 is 25.9. The maximum Gasteiger partial charge on any atom is 0.322 e. The van der Waals surface area contributed by atoms with Gasteiger partial charge in [-0.15, -0.1) is 0 Å². The zero-order valence-electron chi connectivity index (χ0n) is 19.9. The number of halogens is 1. The number of nitrogen functional groups attached to an aromatic ring is 1. The first-order chi connectivity index (χ1) is 17.9. The van der Waals surface area contributed by atoms with Crippen LogP contribution in [0.3, 0.4) is 0 Å². The molecule has 3 N–H and O–H groups in total. The highest BCUT2D eigenvalue weighted by atomic mass is 19.1. The number of benzene rings is 2. The molecule has 0 saturated carbocycles. The number of amides is 1. The number of hydrogen-bond donors (Lipinski definition) is 2. The summed E-state index contributed by atoms with van der Waals surface area (Å²) in [6.07, 6.45) is 4.13. The lowest BCUT2D eigenvalue weighted by Crippen LogP contribution is -2.59. The number of anilines is 1. The van der Waals surface area contributed by atoms with Gasteiger partial charge in [-0.2, -0.15) is 0 Å². The Morgan fingerprint density at radius 2 is 1.89 bits per heavy atom. The number of nitrogens with zero attached hydrogens (tertiary/aromatic N) is 4. The van der Waals surface area contributed by atoms with Crippen LogP contribution in [-0.2, 0) is 15.1 Å². The summed E-state index contributed by atoms with van der Waals surface area (Å²) in [6, 6.07) is 13.7. The van der Waals surface area contributed by atoms with Crippen molar-refractivity contribution < 1.29 is 18.7 Å². The fourth-order valence-corrected chi connectivity index (χ4v) is 4.07. The van der Waals surface area contributed by atoms with Gasteiger partial charge in [0.25, 0.3) is 0 Å². The Hall–Kier alpha value is -4.70. The van der Waals surface area contributed by atoms with Gasteiger partial charge < -0.3 is 20.5 Å². The van der Waals surface area contributed by atoms with Gasteiger partial charge in [0, 0.05) is 17.5 Å². The second-order valence-electron chi connectivity index (χ2n) is 8.56. The highest BCUT2D eigenvalue weighted by molar-refractivity contribution is 5.88. The van der Waals surface area contributed by atoms with E-state index in [1.807, 2.05) is 24.3 Å². The van der Waals surface area contributed by atoms with Gasteiger partial charge in [-0.1, -0.05) is 36.9 Å². The molecular weight excluding hydrogens is 475 g/mol. The second kappa shape index (κ2) is 9.75. The van der Waals surface area contributed by atoms with E-state index in [1.54, 1.807) is 19.1 Å². The molecule has 0 bridgehead atoms. The Morgan fingerprint density at radius 3 is 2.54 bits per heavy atom. The summed E-state index contributed by atoms with van der Waals surface area (Å²) in [5, 5.41) is 2.94. The third-order valence-corrected chi connectivity index (χ3v) is 6.03. The quantitative estimate of drug-likeness (QED) is 0.367. The van der Waals surface area contributed by atoms with E-state index in [2.05, 4.69) is 31.8 Å². The fraction of sp³-hybridized carbons (Fsp3) is 0.148. The fourth-order valence-electron chi connectivity index (χ4n) is 4.07. The van der Waals surface area contributed by atoms with Gasteiger partial charge >= 0.3 is 6.01 Å². The number of carbonyl (C=O) groups is 1. The molecule has 10 heteroatoms. The van der Waals surface area contributed by atoms with Crippen LogP contribution in [0.4, 0.5) is 10.2 Å². The molecule has 1 fully saturated rings. The summed E-state index contributed by atoms with van der Waals surface area (Å²) in [4.78, 5) is 28.6. The van der Waals surface area contributed by atoms with Crippen molar-refractivity contribution >= 4 is 11.7 Å². The molecule has 9 nitrogen and oxygen atoms in total. The molecule has 3 heterocycles. The van der Waals surface area contributed by atoms with Gasteiger partial charge in [0.2, 0.25) is 5.91 Å². The van der Waals surface area contributed by atoms with Crippen LogP contribution in [0.15, 0.2) is 73.7 Å². The van der Waals surface area contributed by atoms with Gasteiger partial charge in [0.1, 0.15) is 17.7 Å². The highest BCUT2D eigenvalue weighted by Gasteiger charge is 2.41. The smallest absolute Gasteiger partial charge is 0.322 e. The molecule has 1 saturated heterocycles. The van der Waals surface area contributed by atoms with Crippen molar-refractivity contribution in [3.05, 3.63) is 90.8 Å². The maximum absolute atomic E-state index is 15.0. The zero-order valence-corrected chi connectivity index (χ0v) is 19.9. The van der Waals surface area contributed by atoms with E-state index in [0.717, 1.165) is 11.1 Å². The minimum Gasteiger partial charge on any atom is -0.421 e. The maximum atomic E-state index is 15.0. The monoisotopic (exact) mass is 498 g/mol. The van der Waals surface area contributed by atoms with Crippen LogP contribution in [0.1, 0.15) is 11.3 Å². The molecule has 0 unspecified atom stereocenters. The van der Waals surface area contributed by atoms with Crippen molar-refractivity contribution in [1.82, 2.24) is 25.3 Å². The van der Waals surface area contributed by atoms with E-state index in [0.29, 0.717) is 35.7 Å². The van der Waals surface area contributed by atoms with E-state index in [1.165, 1.54) is 30.7 Å². The Balaban J connectivity index is 1.46. The highest BCUT2D eigenvalue weighted by Crippen LogP contribution is 2.37. The van der Waals surface area contributed by atoms with Gasteiger partial charge in [-0.05, 0) is 42.3 Å². The number of nitrogens with two attached hydrogens (primary N) is 1. The molecule has 0 radical (unpaired) electrons. The second-order valence-corrected chi connectivity index (χ2v) is 8.56. The first kappa shape index (κ1) is 24.0. The van der Waals surface area contributed by atoms with Gasteiger partial charge in [0.05, 0.1) is 24.5 Å². The van der Waals surface area contributed by atoms with Crippen molar-refractivity contribution in [2.75, 3.05) is 18.9 Å². The summed E-state index contributed by atoms with van der Waals surface area (Å²) in [6.45, 7) is 6.02. The minimum atomic E-state index is -0.614. The van der Waals surface area contributed by atoms with Gasteiger partial charge in [0.15, 0.2) is 11.6 Å². The molecule has 1 aliphatic rings. The van der Waals surface area contributed by atoms with Crippen LogP contribution in [0.2, 0.25) is 0 Å². The van der Waals surface area contributed by atoms with E-state index < -0.39 is 11.4 Å². The Morgan fingerprint density at radius 1 is 1.14 bits per heavy atom. The lowest BCUT2D eigenvalue weighted by molar-refractivity contribution is -0.129. The molecule has 1 aliphatic heterocycles. The van der Waals surface area contributed by atoms with Crippen LogP contribution < -0.4 is 15.8 Å². The van der Waals surface area contributed by atoms with E-state index in [9.17, 15) is 4.79 Å². The van der Waals surface area contributed by atoms with E-state index in [-0.39, 0.29) is 23.5 Å². The SMILES string of the molecule is C=CC(=O)NC1(c2ccc(-c3ncnc(N)c3-c3ccc(Oc4nccc(C)n4)c(F)c3)cc2)COC1. The molecule has 4 aromatic rings. The zero-order chi connectivity index (χ0) is 26.0. The van der Waals surface area contributed by atoms with E-state index >= 15 is 4.39 Å². The predicted molar refractivity (Wildman–Crippen MR) is 135 cm³/mol. The van der Waals surface area contributed by atoms with Crippen LogP contribution in [0.25, 0.3) is 22.4 Å². The van der Waals surface area contributed by atoms with E-state index in [4.69, 9.17) is 15.2 Å². The Labute approximate surface area is 212 Å². The molecule has 37 heavy (non-hydrogen) atoms. The number of rotatable bonds is 7. The van der Waals surface area contributed by atoms with Crippen molar-refractivity contribution in [1.29, 1.82) is 0 Å². The Bertz CT molecular complexity index is 1490. The number of carbonyl (C=O) groups excluding carboxylic acids is 1. The minimum absolute atomic E-state index is 0.0229. The number of hydrogen-bond acceptors (Lipinski definition) is 8. The third kappa shape index (κ3) is 4.74. The lowest BCUT2D eigenvalue weighted by atomic mass is 9.86. The summed E-state index contributed by atoms with van der Waals surface area (Å²) in [5.41, 5.74) is 9.42. The summed E-state index contributed by atoms with van der Waals surface area (Å²) in [5.74, 6) is -0.713. The average Bonchev–Trinajstić information content (AvgIpc) is 2.87. The third-order valence-electron chi connectivity index (χ3n) is 6.03. The number of nitrogens with one attached hydrogen (secondary N) is 1. The largest absolute Gasteiger partial charge is 0.421 e. The molecular formula is C27H23FN6O3. The van der Waals surface area contributed by atoms with Crippen molar-refractivity contribution in [2.24, 2.45) is 0 Å². The molecule has 186 valence electrons. The standard InChI is InChI=1S/C27H23FN6O3/c1-3-22(35)34-27(13-36-14-27)19-7-4-17(5-8-19)24-23(25(29)32-15-31-24)18-6-9-21(20(28)12-18)37-26-30-11-10-16(2)33-26/h3-12,15H,1,13-14H2,2H3,(H,34,35)(H2,29,31,32). The molecule has 2 aromatic heterocycles. The summed E-state index contributed by atoms with van der Waals surface area (Å²) >= 11 is 0. The molecule has 1 amide bonds. The van der Waals surface area contributed by atoms with Crippen molar-refractivity contribution in [2.45, 2.75) is 12.5 Å². The predicted octanol–water partition coefficient (Wildman–Crippen LogP) is 3.95. The average molecular weight is 499 g/mol. The number of ether oxygens (including phenoxy) is 2. The van der Waals surface area contributed by atoms with Gasteiger partial charge in [-0.3, -0.25) is 4.79 Å². The normalized spacial score (nSPS) is 13.9.